The zero-order chi connectivity index (χ0) is 12.4. The molecule has 0 spiro atoms. The maximum atomic E-state index is 4.28. The van der Waals surface area contributed by atoms with Crippen LogP contribution in [-0.4, -0.2) is 21.7 Å². The molecule has 0 aliphatic rings. The second-order valence-electron chi connectivity index (χ2n) is 4.13. The van der Waals surface area contributed by atoms with E-state index < -0.39 is 0 Å². The van der Waals surface area contributed by atoms with E-state index in [1.54, 1.807) is 0 Å². The topological polar surface area (TPSA) is 53.6 Å². The van der Waals surface area contributed by atoms with Gasteiger partial charge in [-0.25, -0.2) is 4.98 Å². The van der Waals surface area contributed by atoms with Gasteiger partial charge in [0.1, 0.15) is 5.82 Å². The summed E-state index contributed by atoms with van der Waals surface area (Å²) in [7, 11) is 0. The summed E-state index contributed by atoms with van der Waals surface area (Å²) in [5.41, 5.74) is 3.38. The average Bonchev–Trinajstić information content (AvgIpc) is 2.86. The van der Waals surface area contributed by atoms with E-state index in [9.17, 15) is 0 Å². The molecule has 0 radical (unpaired) electrons. The second-order valence-corrected chi connectivity index (χ2v) is 4.13. The monoisotopic (exact) mass is 238 g/mol. The third-order valence-electron chi connectivity index (χ3n) is 2.89. The summed E-state index contributed by atoms with van der Waals surface area (Å²) < 4.78 is 0. The third-order valence-corrected chi connectivity index (χ3v) is 2.89. The fourth-order valence-corrected chi connectivity index (χ4v) is 2.01. The highest BCUT2D eigenvalue weighted by Gasteiger charge is 2.02. The molecule has 0 amide bonds. The van der Waals surface area contributed by atoms with Gasteiger partial charge < -0.3 is 5.32 Å². The Kier molecular flexibility index (Phi) is 2.68. The van der Waals surface area contributed by atoms with E-state index in [2.05, 4.69) is 45.6 Å². The fourth-order valence-electron chi connectivity index (χ4n) is 2.01. The quantitative estimate of drug-likeness (QED) is 0.737. The summed E-state index contributed by atoms with van der Waals surface area (Å²) in [5, 5.41) is 11.3. The van der Waals surface area contributed by atoms with Gasteiger partial charge in [0.15, 0.2) is 0 Å². The van der Waals surface area contributed by atoms with Crippen molar-refractivity contribution in [3.05, 3.63) is 42.7 Å². The average molecular weight is 238 g/mol. The summed E-state index contributed by atoms with van der Waals surface area (Å²) in [6, 6.07) is 10.3. The van der Waals surface area contributed by atoms with Crippen LogP contribution in [0.2, 0.25) is 0 Å². The number of nitrogens with zero attached hydrogens (tertiary/aromatic N) is 2. The van der Waals surface area contributed by atoms with Crippen molar-refractivity contribution in [1.82, 2.24) is 15.2 Å². The number of H-pyrrole nitrogens is 1. The lowest BCUT2D eigenvalue weighted by atomic mass is 10.1. The number of hydrogen-bond donors (Lipinski definition) is 2. The number of fused-ring (bicyclic) bond motifs is 1. The highest BCUT2D eigenvalue weighted by molar-refractivity contribution is 5.84. The molecule has 2 N–H and O–H groups in total. The normalized spacial score (nSPS) is 10.7. The standard InChI is InChI=1S/C14H14N4/c1-2-15-14-8-11(5-6-16-14)10-3-4-13-12(7-10)9-17-18-13/h3-9H,2H2,1H3,(H,15,16)(H,17,18). The summed E-state index contributed by atoms with van der Waals surface area (Å²) in [6.45, 7) is 2.93. The lowest BCUT2D eigenvalue weighted by molar-refractivity contribution is 1.12. The summed E-state index contributed by atoms with van der Waals surface area (Å²) >= 11 is 0. The number of aromatic amines is 1. The Balaban J connectivity index is 2.04. The van der Waals surface area contributed by atoms with Gasteiger partial charge in [0, 0.05) is 18.1 Å². The molecule has 4 nitrogen and oxygen atoms in total. The van der Waals surface area contributed by atoms with Crippen LogP contribution in [0.4, 0.5) is 5.82 Å². The number of anilines is 1. The molecule has 0 aliphatic carbocycles. The van der Waals surface area contributed by atoms with Crippen molar-refractivity contribution >= 4 is 16.7 Å². The van der Waals surface area contributed by atoms with E-state index in [0.717, 1.165) is 28.8 Å². The minimum absolute atomic E-state index is 0.872. The van der Waals surface area contributed by atoms with Crippen molar-refractivity contribution in [2.45, 2.75) is 6.92 Å². The van der Waals surface area contributed by atoms with Crippen molar-refractivity contribution in [1.29, 1.82) is 0 Å². The van der Waals surface area contributed by atoms with Crippen LogP contribution in [0.25, 0.3) is 22.0 Å². The number of hydrogen-bond acceptors (Lipinski definition) is 3. The predicted molar refractivity (Wildman–Crippen MR) is 73.5 cm³/mol. The van der Waals surface area contributed by atoms with Crippen LogP contribution >= 0.6 is 0 Å². The van der Waals surface area contributed by atoms with Crippen LogP contribution in [0.5, 0.6) is 0 Å². The highest BCUT2D eigenvalue weighted by Crippen LogP contribution is 2.24. The molecule has 4 heteroatoms. The van der Waals surface area contributed by atoms with Crippen molar-refractivity contribution in [3.8, 4) is 11.1 Å². The van der Waals surface area contributed by atoms with Crippen LogP contribution in [0.15, 0.2) is 42.7 Å². The molecule has 0 unspecified atom stereocenters. The Morgan fingerprint density at radius 1 is 1.17 bits per heavy atom. The number of pyridine rings is 1. The van der Waals surface area contributed by atoms with E-state index >= 15 is 0 Å². The van der Waals surface area contributed by atoms with Gasteiger partial charge in [-0.05, 0) is 42.3 Å². The van der Waals surface area contributed by atoms with Gasteiger partial charge >= 0.3 is 0 Å². The smallest absolute Gasteiger partial charge is 0.126 e. The Hall–Kier alpha value is -2.36. The van der Waals surface area contributed by atoms with Crippen molar-refractivity contribution in [3.63, 3.8) is 0 Å². The minimum atomic E-state index is 0.872. The molecule has 0 saturated heterocycles. The first-order chi connectivity index (χ1) is 8.86. The van der Waals surface area contributed by atoms with Crippen LogP contribution in [-0.2, 0) is 0 Å². The van der Waals surface area contributed by atoms with Gasteiger partial charge in [-0.15, -0.1) is 0 Å². The fraction of sp³-hybridized carbons (Fsp3) is 0.143. The van der Waals surface area contributed by atoms with Crippen LogP contribution in [0, 0.1) is 0 Å². The lowest BCUT2D eigenvalue weighted by Gasteiger charge is -2.05. The molecular weight excluding hydrogens is 224 g/mol. The number of benzene rings is 1. The Labute approximate surface area is 105 Å². The van der Waals surface area contributed by atoms with Gasteiger partial charge in [-0.3, -0.25) is 5.10 Å². The number of rotatable bonds is 3. The zero-order valence-electron chi connectivity index (χ0n) is 10.1. The zero-order valence-corrected chi connectivity index (χ0v) is 10.1. The van der Waals surface area contributed by atoms with E-state index in [4.69, 9.17) is 0 Å². The van der Waals surface area contributed by atoms with E-state index in [1.807, 2.05) is 24.5 Å². The number of nitrogens with one attached hydrogen (secondary N) is 2. The first-order valence-corrected chi connectivity index (χ1v) is 6.00. The van der Waals surface area contributed by atoms with E-state index in [-0.39, 0.29) is 0 Å². The summed E-state index contributed by atoms with van der Waals surface area (Å²) in [4.78, 5) is 4.28. The minimum Gasteiger partial charge on any atom is -0.370 e. The Bertz CT molecular complexity index is 672. The molecule has 18 heavy (non-hydrogen) atoms. The molecule has 3 rings (SSSR count). The molecule has 0 saturated carbocycles. The largest absolute Gasteiger partial charge is 0.370 e. The molecule has 0 aliphatic heterocycles. The maximum absolute atomic E-state index is 4.28. The van der Waals surface area contributed by atoms with E-state index in [0.29, 0.717) is 0 Å². The maximum Gasteiger partial charge on any atom is 0.126 e. The Morgan fingerprint density at radius 3 is 2.94 bits per heavy atom. The SMILES string of the molecule is CCNc1cc(-c2ccc3[nH]ncc3c2)ccn1. The summed E-state index contributed by atoms with van der Waals surface area (Å²) in [5.74, 6) is 0.905. The third kappa shape index (κ3) is 1.93. The van der Waals surface area contributed by atoms with Crippen molar-refractivity contribution < 1.29 is 0 Å². The molecule has 0 bridgehead atoms. The lowest BCUT2D eigenvalue weighted by Crippen LogP contribution is -1.98. The van der Waals surface area contributed by atoms with Crippen molar-refractivity contribution in [2.75, 3.05) is 11.9 Å². The van der Waals surface area contributed by atoms with Crippen LogP contribution < -0.4 is 5.32 Å². The van der Waals surface area contributed by atoms with Gasteiger partial charge in [-0.2, -0.15) is 5.10 Å². The molecule has 0 atom stereocenters. The molecule has 2 aromatic heterocycles. The summed E-state index contributed by atoms with van der Waals surface area (Å²) in [6.07, 6.45) is 3.66. The highest BCUT2D eigenvalue weighted by atomic mass is 15.1. The predicted octanol–water partition coefficient (Wildman–Crippen LogP) is 3.06. The van der Waals surface area contributed by atoms with Crippen molar-refractivity contribution in [2.24, 2.45) is 0 Å². The molecule has 0 fully saturated rings. The van der Waals surface area contributed by atoms with E-state index in [1.165, 1.54) is 5.56 Å². The molecular formula is C14H14N4. The van der Waals surface area contributed by atoms with Gasteiger partial charge in [0.2, 0.25) is 0 Å². The molecule has 1 aromatic carbocycles. The van der Waals surface area contributed by atoms with Gasteiger partial charge in [0.25, 0.3) is 0 Å². The second kappa shape index (κ2) is 4.49. The molecule has 2 heterocycles. The Morgan fingerprint density at radius 2 is 2.06 bits per heavy atom. The first-order valence-electron chi connectivity index (χ1n) is 6.00. The molecule has 90 valence electrons. The van der Waals surface area contributed by atoms with Crippen LogP contribution in [0.3, 0.4) is 0 Å². The first kappa shape index (κ1) is 10.8. The van der Waals surface area contributed by atoms with Gasteiger partial charge in [0.05, 0.1) is 11.7 Å². The van der Waals surface area contributed by atoms with Gasteiger partial charge in [-0.1, -0.05) is 6.07 Å². The van der Waals surface area contributed by atoms with Crippen LogP contribution in [0.1, 0.15) is 6.92 Å². The number of aromatic nitrogens is 3. The molecule has 3 aromatic rings.